The van der Waals surface area contributed by atoms with Crippen molar-refractivity contribution < 1.29 is 8.97 Å². The maximum Gasteiger partial charge on any atom is 0.416 e. The number of oxazole rings is 1. The molecule has 0 aliphatic heterocycles. The van der Waals surface area contributed by atoms with Crippen LogP contribution < -0.4 is 0 Å². The summed E-state index contributed by atoms with van der Waals surface area (Å²) in [6.07, 6.45) is 0. The highest BCUT2D eigenvalue weighted by Gasteiger charge is 2.20. The van der Waals surface area contributed by atoms with Crippen LogP contribution in [-0.4, -0.2) is 9.54 Å². The molecule has 0 amide bonds. The number of nitrogens with zero attached hydrogens (tertiary/aromatic N) is 2. The van der Waals surface area contributed by atoms with Gasteiger partial charge in [0, 0.05) is 16.7 Å². The molecule has 1 unspecified atom stereocenters. The summed E-state index contributed by atoms with van der Waals surface area (Å²) in [7, 11) is 0. The number of hydrogen-bond acceptors (Lipinski definition) is 4. The Balaban J connectivity index is 1.82. The first-order valence-electron chi connectivity index (χ1n) is 6.09. The molecule has 2 aromatic carbocycles. The third-order valence-electron chi connectivity index (χ3n) is 2.91. The maximum atomic E-state index is 12.3. The Morgan fingerprint density at radius 2 is 2.00 bits per heavy atom. The summed E-state index contributed by atoms with van der Waals surface area (Å²) >= 11 is 4.49. The predicted molar refractivity (Wildman–Crippen MR) is 80.3 cm³/mol. The van der Waals surface area contributed by atoms with Gasteiger partial charge >= 0.3 is 5.22 Å². The topological polar surface area (TPSA) is 72.9 Å². The lowest BCUT2D eigenvalue weighted by Crippen LogP contribution is -2.05. The molecule has 104 valence electrons. The summed E-state index contributed by atoms with van der Waals surface area (Å²) in [5, 5.41) is 9.47. The fourth-order valence-corrected chi connectivity index (χ4v) is 3.03. The van der Waals surface area contributed by atoms with Gasteiger partial charge in [0.1, 0.15) is 11.3 Å². The van der Waals surface area contributed by atoms with E-state index >= 15 is 0 Å². The van der Waals surface area contributed by atoms with E-state index in [9.17, 15) is 4.55 Å². The highest BCUT2D eigenvalue weighted by Crippen LogP contribution is 2.24. The zero-order valence-corrected chi connectivity index (χ0v) is 12.3. The molecule has 6 heteroatoms. The molecule has 0 saturated heterocycles. The van der Waals surface area contributed by atoms with Gasteiger partial charge in [-0.25, -0.2) is 0 Å². The number of benzene rings is 2. The Bertz CT molecular complexity index is 824. The zero-order valence-electron chi connectivity index (χ0n) is 10.7. The number of fused-ring (bicyclic) bond motifs is 1. The number of aromatic nitrogens is 1. The van der Waals surface area contributed by atoms with Gasteiger partial charge in [-0.3, -0.25) is 0 Å². The van der Waals surface area contributed by atoms with E-state index in [4.69, 9.17) is 21.3 Å². The molecular formula is C15H9ClN2O2S. The van der Waals surface area contributed by atoms with Crippen molar-refractivity contribution in [3.8, 4) is 6.07 Å². The highest BCUT2D eigenvalue weighted by atomic mass is 35.5. The second kappa shape index (κ2) is 5.78. The van der Waals surface area contributed by atoms with Gasteiger partial charge in [-0.2, -0.15) is 10.2 Å². The second-order valence-corrected chi connectivity index (χ2v) is 6.16. The van der Waals surface area contributed by atoms with E-state index < -0.39 is 11.2 Å². The summed E-state index contributed by atoms with van der Waals surface area (Å²) in [5.74, 6) is 0.284. The Hall–Kier alpha value is -2.00. The van der Waals surface area contributed by atoms with E-state index in [0.29, 0.717) is 21.7 Å². The standard InChI is InChI=1S/C15H9ClN2O2S/c16-12-5-6-13-14(7-12)20-15(18-13)21(19)9-11-3-1-10(8-17)2-4-11/h1-7H,9H2. The molecule has 0 bridgehead atoms. The molecule has 0 saturated carbocycles. The monoisotopic (exact) mass is 316 g/mol. The molecule has 1 heterocycles. The molecule has 0 fully saturated rings. The fraction of sp³-hybridized carbons (Fsp3) is 0.0667. The summed E-state index contributed by atoms with van der Waals surface area (Å²) < 4.78 is 17.8. The molecule has 21 heavy (non-hydrogen) atoms. The minimum absolute atomic E-state index is 0.177. The molecule has 3 aromatic rings. The number of halogens is 1. The number of nitriles is 1. The van der Waals surface area contributed by atoms with Gasteiger partial charge in [0.05, 0.1) is 22.8 Å². The summed E-state index contributed by atoms with van der Waals surface area (Å²) in [6.45, 7) is 0. The Morgan fingerprint density at radius 3 is 2.71 bits per heavy atom. The van der Waals surface area contributed by atoms with Crippen LogP contribution in [0.5, 0.6) is 0 Å². The summed E-state index contributed by atoms with van der Waals surface area (Å²) in [5.41, 5.74) is 2.57. The van der Waals surface area contributed by atoms with Gasteiger partial charge in [0.25, 0.3) is 0 Å². The van der Waals surface area contributed by atoms with E-state index in [1.165, 1.54) is 0 Å². The smallest absolute Gasteiger partial charge is 0.416 e. The highest BCUT2D eigenvalue weighted by molar-refractivity contribution is 7.90. The van der Waals surface area contributed by atoms with Crippen molar-refractivity contribution >= 4 is 33.9 Å². The molecule has 0 spiro atoms. The van der Waals surface area contributed by atoms with Crippen molar-refractivity contribution in [3.05, 3.63) is 58.6 Å². The molecule has 4 nitrogen and oxygen atoms in total. The molecule has 0 aliphatic carbocycles. The normalized spacial score (nSPS) is 12.2. The van der Waals surface area contributed by atoms with Crippen molar-refractivity contribution in [1.82, 2.24) is 4.98 Å². The molecule has 3 rings (SSSR count). The lowest BCUT2D eigenvalue weighted by molar-refractivity contribution is 0.458. The van der Waals surface area contributed by atoms with Crippen LogP contribution in [0, 0.1) is 11.3 Å². The van der Waals surface area contributed by atoms with Crippen molar-refractivity contribution in [1.29, 1.82) is 5.26 Å². The number of hydrogen-bond donors (Lipinski definition) is 0. The first-order valence-corrected chi connectivity index (χ1v) is 7.79. The van der Waals surface area contributed by atoms with Crippen LogP contribution in [0.3, 0.4) is 0 Å². The van der Waals surface area contributed by atoms with Crippen molar-refractivity contribution in [2.45, 2.75) is 11.0 Å². The predicted octanol–water partition coefficient (Wildman–Crippen LogP) is 3.66. The SMILES string of the molecule is N#Cc1ccc(C[S+]([O-])c2nc3ccc(Cl)cc3o2)cc1. The van der Waals surface area contributed by atoms with Gasteiger partial charge in [0.15, 0.2) is 5.58 Å². The zero-order chi connectivity index (χ0) is 14.8. The van der Waals surface area contributed by atoms with E-state index in [1.807, 2.05) is 6.07 Å². The van der Waals surface area contributed by atoms with Crippen LogP contribution >= 0.6 is 11.6 Å². The first kappa shape index (κ1) is 14.0. The Morgan fingerprint density at radius 1 is 1.24 bits per heavy atom. The minimum Gasteiger partial charge on any atom is -0.607 e. The van der Waals surface area contributed by atoms with E-state index in [2.05, 4.69) is 4.98 Å². The van der Waals surface area contributed by atoms with Crippen molar-refractivity contribution in [2.24, 2.45) is 0 Å². The average Bonchev–Trinajstić information content (AvgIpc) is 2.91. The van der Waals surface area contributed by atoms with Crippen LogP contribution in [0.15, 0.2) is 52.1 Å². The van der Waals surface area contributed by atoms with Gasteiger partial charge in [-0.15, -0.1) is 0 Å². The fourth-order valence-electron chi connectivity index (χ4n) is 1.86. The van der Waals surface area contributed by atoms with Gasteiger partial charge < -0.3 is 8.97 Å². The van der Waals surface area contributed by atoms with Crippen LogP contribution in [0.2, 0.25) is 5.02 Å². The van der Waals surface area contributed by atoms with Gasteiger partial charge in [0.2, 0.25) is 0 Å². The third-order valence-corrected chi connectivity index (χ3v) is 4.30. The quantitative estimate of drug-likeness (QED) is 0.691. The van der Waals surface area contributed by atoms with Crippen LogP contribution in [0.1, 0.15) is 11.1 Å². The van der Waals surface area contributed by atoms with E-state index in [-0.39, 0.29) is 11.0 Å². The lowest BCUT2D eigenvalue weighted by atomic mass is 10.2. The Labute approximate surface area is 129 Å². The van der Waals surface area contributed by atoms with Crippen LogP contribution in [-0.2, 0) is 16.9 Å². The molecule has 0 radical (unpaired) electrons. The van der Waals surface area contributed by atoms with Gasteiger partial charge in [-0.05, 0) is 24.3 Å². The lowest BCUT2D eigenvalue weighted by Gasteiger charge is -2.05. The summed E-state index contributed by atoms with van der Waals surface area (Å²) in [4.78, 5) is 4.21. The molecular weight excluding hydrogens is 308 g/mol. The van der Waals surface area contributed by atoms with Crippen molar-refractivity contribution in [3.63, 3.8) is 0 Å². The summed E-state index contributed by atoms with van der Waals surface area (Å²) in [6, 6.07) is 14.1. The molecule has 0 N–H and O–H groups in total. The maximum absolute atomic E-state index is 12.3. The van der Waals surface area contributed by atoms with Crippen molar-refractivity contribution in [2.75, 3.05) is 0 Å². The Kier molecular flexibility index (Phi) is 3.84. The first-order chi connectivity index (χ1) is 10.2. The second-order valence-electron chi connectivity index (χ2n) is 4.39. The van der Waals surface area contributed by atoms with Crippen LogP contribution in [0.25, 0.3) is 11.1 Å². The van der Waals surface area contributed by atoms with E-state index in [1.54, 1.807) is 42.5 Å². The average molecular weight is 317 g/mol. The molecule has 0 aliphatic rings. The number of rotatable bonds is 3. The van der Waals surface area contributed by atoms with Gasteiger partial charge in [-0.1, -0.05) is 23.7 Å². The molecule has 1 atom stereocenters. The minimum atomic E-state index is -1.39. The largest absolute Gasteiger partial charge is 0.607 e. The molecule has 1 aromatic heterocycles. The van der Waals surface area contributed by atoms with E-state index in [0.717, 1.165) is 5.56 Å². The van der Waals surface area contributed by atoms with Crippen LogP contribution in [0.4, 0.5) is 0 Å². The third kappa shape index (κ3) is 3.03.